The number of thioether (sulfide) groups is 1. The first-order valence-electron chi connectivity index (χ1n) is 10.5. The number of nitrogens with one attached hydrogen (secondary N) is 1. The minimum Gasteiger partial charge on any atom is -0.381 e. The number of nitrogens with zero attached hydrogens (tertiary/aromatic N) is 4. The molecule has 5 rings (SSSR count). The lowest BCUT2D eigenvalue weighted by Crippen LogP contribution is -2.02. The van der Waals surface area contributed by atoms with Gasteiger partial charge in [-0.2, -0.15) is 5.10 Å². The molecule has 164 valence electrons. The van der Waals surface area contributed by atoms with Crippen LogP contribution in [0.1, 0.15) is 18.2 Å². The molecule has 0 bridgehead atoms. The van der Waals surface area contributed by atoms with Gasteiger partial charge in [0.25, 0.3) is 0 Å². The molecule has 3 aromatic heterocycles. The highest BCUT2D eigenvalue weighted by molar-refractivity contribution is 7.98. The molecule has 0 saturated carbocycles. The lowest BCUT2D eigenvalue weighted by molar-refractivity contribution is 1.02. The van der Waals surface area contributed by atoms with E-state index in [9.17, 15) is 0 Å². The molecule has 0 amide bonds. The average molecular weight is 473 g/mol. The van der Waals surface area contributed by atoms with Gasteiger partial charge in [-0.05, 0) is 30.2 Å². The number of anilines is 1. The van der Waals surface area contributed by atoms with Gasteiger partial charge in [0.15, 0.2) is 5.82 Å². The molecular weight excluding hydrogens is 452 g/mol. The monoisotopic (exact) mass is 472 g/mol. The third-order valence-electron chi connectivity index (χ3n) is 5.33. The Hall–Kier alpha value is -3.42. The third-order valence-corrected chi connectivity index (χ3v) is 6.68. The van der Waals surface area contributed by atoms with Crippen molar-refractivity contribution >= 4 is 40.1 Å². The Kier molecular flexibility index (Phi) is 5.98. The van der Waals surface area contributed by atoms with E-state index >= 15 is 0 Å². The molecule has 0 radical (unpaired) electrons. The van der Waals surface area contributed by atoms with Gasteiger partial charge in [0.2, 0.25) is 0 Å². The van der Waals surface area contributed by atoms with Gasteiger partial charge in [-0.15, -0.1) is 0 Å². The molecular formula is C25H21ClN6S. The summed E-state index contributed by atoms with van der Waals surface area (Å²) in [5, 5.41) is 9.20. The van der Waals surface area contributed by atoms with Crippen molar-refractivity contribution in [2.45, 2.75) is 24.1 Å². The fourth-order valence-electron chi connectivity index (χ4n) is 3.59. The van der Waals surface area contributed by atoms with Crippen molar-refractivity contribution in [1.82, 2.24) is 25.1 Å². The summed E-state index contributed by atoms with van der Waals surface area (Å²) in [6, 6.07) is 18.0. The molecule has 0 saturated heterocycles. The van der Waals surface area contributed by atoms with Crippen molar-refractivity contribution in [3.05, 3.63) is 83.3 Å². The van der Waals surface area contributed by atoms with Crippen molar-refractivity contribution in [1.29, 1.82) is 0 Å². The number of hydrogen-bond acceptors (Lipinski definition) is 6. The number of aryl methyl sites for hydroxylation is 1. The molecule has 2 aromatic carbocycles. The molecule has 0 spiro atoms. The van der Waals surface area contributed by atoms with E-state index < -0.39 is 0 Å². The zero-order chi connectivity index (χ0) is 22.8. The van der Waals surface area contributed by atoms with Crippen molar-refractivity contribution in [2.75, 3.05) is 5.73 Å². The Labute approximate surface area is 200 Å². The normalized spacial score (nSPS) is 11.2. The second-order valence-electron chi connectivity index (χ2n) is 7.57. The smallest absolute Gasteiger partial charge is 0.156 e. The number of H-pyrrole nitrogens is 1. The highest BCUT2D eigenvalue weighted by Crippen LogP contribution is 2.37. The van der Waals surface area contributed by atoms with Crippen molar-refractivity contribution in [3.63, 3.8) is 0 Å². The number of nitrogen functional groups attached to an aromatic ring is 1. The summed E-state index contributed by atoms with van der Waals surface area (Å²) in [4.78, 5) is 14.2. The molecule has 0 aliphatic heterocycles. The van der Waals surface area contributed by atoms with Crippen LogP contribution in [-0.2, 0) is 12.2 Å². The Morgan fingerprint density at radius 2 is 1.79 bits per heavy atom. The topological polar surface area (TPSA) is 93.4 Å². The molecule has 0 unspecified atom stereocenters. The molecule has 6 nitrogen and oxygen atoms in total. The third kappa shape index (κ3) is 4.42. The number of nitrogens with two attached hydrogens (primary N) is 1. The molecule has 0 fully saturated rings. The zero-order valence-corrected chi connectivity index (χ0v) is 19.5. The maximum Gasteiger partial charge on any atom is 0.156 e. The fraction of sp³-hybridized carbons (Fsp3) is 0.120. The summed E-state index contributed by atoms with van der Waals surface area (Å²) in [5.74, 6) is 1.10. The van der Waals surface area contributed by atoms with Gasteiger partial charge >= 0.3 is 0 Å². The van der Waals surface area contributed by atoms with Crippen LogP contribution in [0.15, 0.2) is 72.0 Å². The van der Waals surface area contributed by atoms with E-state index in [2.05, 4.69) is 34.2 Å². The van der Waals surface area contributed by atoms with Gasteiger partial charge < -0.3 is 5.73 Å². The van der Waals surface area contributed by atoms with Crippen LogP contribution in [0.5, 0.6) is 0 Å². The average Bonchev–Trinajstić information content (AvgIpc) is 3.33. The van der Waals surface area contributed by atoms with E-state index in [0.29, 0.717) is 27.3 Å². The van der Waals surface area contributed by atoms with Crippen LogP contribution in [0.4, 0.5) is 5.82 Å². The van der Waals surface area contributed by atoms with E-state index in [4.69, 9.17) is 27.3 Å². The minimum absolute atomic E-state index is 0.399. The van der Waals surface area contributed by atoms with Gasteiger partial charge in [-0.1, -0.05) is 66.7 Å². The van der Waals surface area contributed by atoms with Gasteiger partial charge in [0, 0.05) is 34.2 Å². The van der Waals surface area contributed by atoms with Crippen LogP contribution in [0.25, 0.3) is 33.4 Å². The standard InChI is InChI=1S/C25H21ClN6S/c1-2-19-9-8-15(12-28-19)14-33-25-24(27)30-22(16-6-4-3-5-7-16)23(31-25)17-10-18-13-29-32-21(18)20(26)11-17/h3-13H,2,14H2,1H3,(H2,27,30)(H,29,32). The number of aromatic amines is 1. The minimum atomic E-state index is 0.399. The first kappa shape index (κ1) is 21.4. The fourth-order valence-corrected chi connectivity index (χ4v) is 4.68. The lowest BCUT2D eigenvalue weighted by atomic mass is 10.0. The summed E-state index contributed by atoms with van der Waals surface area (Å²) >= 11 is 8.08. The Morgan fingerprint density at radius 3 is 2.55 bits per heavy atom. The largest absolute Gasteiger partial charge is 0.381 e. The van der Waals surface area contributed by atoms with Gasteiger partial charge in [-0.3, -0.25) is 10.1 Å². The quantitative estimate of drug-likeness (QED) is 0.287. The highest BCUT2D eigenvalue weighted by atomic mass is 35.5. The van der Waals surface area contributed by atoms with E-state index in [1.165, 1.54) is 0 Å². The van der Waals surface area contributed by atoms with E-state index in [1.54, 1.807) is 18.0 Å². The first-order chi connectivity index (χ1) is 16.1. The van der Waals surface area contributed by atoms with E-state index in [-0.39, 0.29) is 0 Å². The van der Waals surface area contributed by atoms with Crippen LogP contribution in [0.3, 0.4) is 0 Å². The van der Waals surface area contributed by atoms with Gasteiger partial charge in [0.1, 0.15) is 5.03 Å². The second kappa shape index (κ2) is 9.21. The molecule has 3 heterocycles. The number of fused-ring (bicyclic) bond motifs is 1. The Morgan fingerprint density at radius 1 is 0.970 bits per heavy atom. The summed E-state index contributed by atoms with van der Waals surface area (Å²) in [6.07, 6.45) is 4.57. The lowest BCUT2D eigenvalue weighted by Gasteiger charge is -2.13. The first-order valence-corrected chi connectivity index (χ1v) is 11.9. The summed E-state index contributed by atoms with van der Waals surface area (Å²) in [5.41, 5.74) is 12.6. The highest BCUT2D eigenvalue weighted by Gasteiger charge is 2.18. The predicted molar refractivity (Wildman–Crippen MR) is 135 cm³/mol. The Balaban J connectivity index is 1.58. The van der Waals surface area contributed by atoms with Crippen LogP contribution in [0, 0.1) is 0 Å². The van der Waals surface area contributed by atoms with Crippen LogP contribution in [-0.4, -0.2) is 25.1 Å². The molecule has 8 heteroatoms. The van der Waals surface area contributed by atoms with Gasteiger partial charge in [0.05, 0.1) is 28.1 Å². The summed E-state index contributed by atoms with van der Waals surface area (Å²) in [7, 11) is 0. The van der Waals surface area contributed by atoms with Crippen LogP contribution < -0.4 is 5.73 Å². The molecule has 5 aromatic rings. The predicted octanol–water partition coefficient (Wildman–Crippen LogP) is 6.17. The van der Waals surface area contributed by atoms with Crippen molar-refractivity contribution < 1.29 is 0 Å². The van der Waals surface area contributed by atoms with Crippen LogP contribution >= 0.6 is 23.4 Å². The zero-order valence-electron chi connectivity index (χ0n) is 17.9. The molecule has 0 atom stereocenters. The number of rotatable bonds is 6. The number of pyridine rings is 1. The molecule has 0 aliphatic rings. The number of benzene rings is 2. The van der Waals surface area contributed by atoms with Crippen molar-refractivity contribution in [2.24, 2.45) is 0 Å². The Bertz CT molecular complexity index is 1420. The molecule has 33 heavy (non-hydrogen) atoms. The summed E-state index contributed by atoms with van der Waals surface area (Å²) < 4.78 is 0. The van der Waals surface area contributed by atoms with Gasteiger partial charge in [-0.25, -0.2) is 9.97 Å². The second-order valence-corrected chi connectivity index (χ2v) is 8.94. The van der Waals surface area contributed by atoms with E-state index in [0.717, 1.165) is 45.4 Å². The number of hydrogen-bond donors (Lipinski definition) is 2. The number of halogens is 1. The molecule has 3 N–H and O–H groups in total. The maximum absolute atomic E-state index is 6.53. The SMILES string of the molecule is CCc1ccc(CSc2nc(-c3cc(Cl)c4[nH]ncc4c3)c(-c3ccccc3)nc2N)cn1. The molecule has 0 aliphatic carbocycles. The maximum atomic E-state index is 6.53. The van der Waals surface area contributed by atoms with E-state index in [1.807, 2.05) is 48.7 Å². The number of aromatic nitrogens is 5. The van der Waals surface area contributed by atoms with Crippen molar-refractivity contribution in [3.8, 4) is 22.5 Å². The van der Waals surface area contributed by atoms with Crippen LogP contribution in [0.2, 0.25) is 5.02 Å². The summed E-state index contributed by atoms with van der Waals surface area (Å²) in [6.45, 7) is 2.09.